The molecule has 208 valence electrons. The number of β-lactam (4-membered cyclic amide) rings is 1. The van der Waals surface area contributed by atoms with E-state index >= 15 is 0 Å². The van der Waals surface area contributed by atoms with Crippen LogP contribution in [0.15, 0.2) is 30.3 Å². The van der Waals surface area contributed by atoms with Crippen LogP contribution in [0.1, 0.15) is 45.2 Å². The molecule has 0 spiro atoms. The maximum Gasteiger partial charge on any atom is 0.408 e. The molecule has 3 aliphatic rings. The first kappa shape index (κ1) is 29.1. The van der Waals surface area contributed by atoms with Crippen molar-refractivity contribution in [1.82, 2.24) is 15.5 Å². The van der Waals surface area contributed by atoms with Crippen LogP contribution in [0.25, 0.3) is 0 Å². The van der Waals surface area contributed by atoms with Crippen LogP contribution >= 0.6 is 34.8 Å². The third-order valence-electron chi connectivity index (χ3n) is 6.89. The molecular weight excluding hydrogens is 581 g/mol. The monoisotopic (exact) mass is 607 g/mol. The van der Waals surface area contributed by atoms with E-state index in [9.17, 15) is 23.7 Å². The van der Waals surface area contributed by atoms with Crippen LogP contribution in [0.4, 0.5) is 4.79 Å². The molecule has 2 heterocycles. The average molecular weight is 609 g/mol. The van der Waals surface area contributed by atoms with Crippen LogP contribution in [-0.4, -0.2) is 72.0 Å². The van der Waals surface area contributed by atoms with Gasteiger partial charge in [-0.15, -0.1) is 0 Å². The molecule has 10 nitrogen and oxygen atoms in total. The van der Waals surface area contributed by atoms with Gasteiger partial charge in [-0.25, -0.2) is 9.59 Å². The number of alkyl carbamates (subject to hydrolysis) is 1. The van der Waals surface area contributed by atoms with Crippen LogP contribution in [0.3, 0.4) is 0 Å². The van der Waals surface area contributed by atoms with E-state index in [-0.39, 0.29) is 6.10 Å². The van der Waals surface area contributed by atoms with E-state index in [0.29, 0.717) is 11.5 Å². The molecule has 1 saturated carbocycles. The molecular formula is C24H28Cl3N3O7S. The molecule has 6 atom stereocenters. The summed E-state index contributed by atoms with van der Waals surface area (Å²) in [6.07, 6.45) is 0.895. The standard InChI is InChI=1S/C24H28Cl3N3O7S/c1-12(13-9-10-13)37-22(34)29-15(14-7-5-4-6-8-14)18(31)28-16-19(32)30-17(21(33)36-11-24(25,26)27)23(2,3)38(35)20(16)30/h4-8,12-13,15-17,20H,9-11H2,1-3H3,(H,28,31)(H,29,34)/t12?,15?,16-,17+,20-,38?/m1/s1. The predicted molar refractivity (Wildman–Crippen MR) is 141 cm³/mol. The third-order valence-corrected chi connectivity index (χ3v) is 9.42. The maximum absolute atomic E-state index is 13.4. The number of ether oxygens (including phenoxy) is 2. The number of halogens is 3. The summed E-state index contributed by atoms with van der Waals surface area (Å²) in [5, 5.41) is 4.20. The van der Waals surface area contributed by atoms with Crippen LogP contribution < -0.4 is 10.6 Å². The number of amides is 3. The minimum Gasteiger partial charge on any atom is -0.614 e. The van der Waals surface area contributed by atoms with Crippen LogP contribution in [0.2, 0.25) is 0 Å². The first-order valence-electron chi connectivity index (χ1n) is 12.0. The molecule has 3 fully saturated rings. The number of nitrogens with zero attached hydrogens (tertiary/aromatic N) is 1. The highest BCUT2D eigenvalue weighted by atomic mass is 35.6. The molecule has 1 aromatic rings. The molecule has 3 unspecified atom stereocenters. The summed E-state index contributed by atoms with van der Waals surface area (Å²) in [5.74, 6) is -1.87. The second-order valence-electron chi connectivity index (χ2n) is 10.1. The summed E-state index contributed by atoms with van der Waals surface area (Å²) in [6.45, 7) is 4.35. The topological polar surface area (TPSA) is 137 Å². The molecule has 4 rings (SSSR count). The van der Waals surface area contributed by atoms with Crippen molar-refractivity contribution in [3.63, 3.8) is 0 Å². The fourth-order valence-corrected chi connectivity index (χ4v) is 6.75. The minimum absolute atomic E-state index is 0.294. The molecule has 0 radical (unpaired) electrons. The van der Waals surface area contributed by atoms with Gasteiger partial charge in [-0.2, -0.15) is 0 Å². The largest absolute Gasteiger partial charge is 0.614 e. The van der Waals surface area contributed by atoms with Gasteiger partial charge in [-0.05, 0) is 56.3 Å². The number of esters is 1. The van der Waals surface area contributed by atoms with Crippen LogP contribution in [-0.2, 0) is 35.0 Å². The Hall–Kier alpha value is -1.92. The second-order valence-corrected chi connectivity index (χ2v) is 14.7. The lowest BCUT2D eigenvalue weighted by molar-refractivity contribution is -0.164. The maximum atomic E-state index is 13.4. The molecule has 0 bridgehead atoms. The smallest absolute Gasteiger partial charge is 0.408 e. The highest BCUT2D eigenvalue weighted by molar-refractivity contribution is 7.94. The van der Waals surface area contributed by atoms with E-state index < -0.39 is 73.7 Å². The number of carbonyl (C=O) groups is 4. The normalized spacial score (nSPS) is 27.4. The number of rotatable bonds is 8. The van der Waals surface area contributed by atoms with Gasteiger partial charge >= 0.3 is 12.1 Å². The average Bonchev–Trinajstić information content (AvgIpc) is 3.67. The Morgan fingerprint density at radius 3 is 2.42 bits per heavy atom. The summed E-state index contributed by atoms with van der Waals surface area (Å²) in [4.78, 5) is 53.0. The number of fused-ring (bicyclic) bond motifs is 1. The van der Waals surface area contributed by atoms with E-state index in [0.717, 1.165) is 17.7 Å². The summed E-state index contributed by atoms with van der Waals surface area (Å²) >= 11 is 15.2. The molecule has 1 aliphatic carbocycles. The van der Waals surface area contributed by atoms with Gasteiger partial charge in [0.15, 0.2) is 16.8 Å². The number of benzene rings is 1. The van der Waals surface area contributed by atoms with Gasteiger partial charge in [0.2, 0.25) is 15.1 Å². The number of nitrogens with one attached hydrogen (secondary N) is 2. The van der Waals surface area contributed by atoms with Crippen molar-refractivity contribution in [2.24, 2.45) is 5.92 Å². The highest BCUT2D eigenvalue weighted by Gasteiger charge is 2.73. The van der Waals surface area contributed by atoms with Crippen LogP contribution in [0, 0.1) is 5.92 Å². The Morgan fingerprint density at radius 2 is 1.84 bits per heavy atom. The van der Waals surface area contributed by atoms with Crippen molar-refractivity contribution >= 4 is 69.9 Å². The summed E-state index contributed by atoms with van der Waals surface area (Å²) in [6, 6.07) is 4.90. The van der Waals surface area contributed by atoms with Gasteiger partial charge in [0.05, 0.1) is 0 Å². The van der Waals surface area contributed by atoms with Gasteiger partial charge in [-0.1, -0.05) is 65.1 Å². The van der Waals surface area contributed by atoms with E-state index in [1.165, 1.54) is 0 Å². The fourth-order valence-electron chi connectivity index (χ4n) is 4.67. The molecule has 2 aliphatic heterocycles. The molecule has 2 saturated heterocycles. The van der Waals surface area contributed by atoms with Crippen molar-refractivity contribution in [2.75, 3.05) is 6.61 Å². The fraction of sp³-hybridized carbons (Fsp3) is 0.583. The summed E-state index contributed by atoms with van der Waals surface area (Å²) in [7, 11) is 0. The van der Waals surface area contributed by atoms with Crippen molar-refractivity contribution in [3.05, 3.63) is 35.9 Å². The second kappa shape index (κ2) is 10.9. The van der Waals surface area contributed by atoms with Gasteiger partial charge in [0.1, 0.15) is 18.8 Å². The van der Waals surface area contributed by atoms with E-state index in [2.05, 4.69) is 10.6 Å². The molecule has 0 aromatic heterocycles. The van der Waals surface area contributed by atoms with E-state index in [1.807, 2.05) is 0 Å². The third kappa shape index (κ3) is 5.96. The Kier molecular flexibility index (Phi) is 8.36. The Balaban J connectivity index is 1.48. The van der Waals surface area contributed by atoms with Gasteiger partial charge in [0, 0.05) is 0 Å². The van der Waals surface area contributed by atoms with Crippen molar-refractivity contribution < 1.29 is 33.2 Å². The molecule has 38 heavy (non-hydrogen) atoms. The summed E-state index contributed by atoms with van der Waals surface area (Å²) < 4.78 is 20.8. The number of hydrogen-bond donors (Lipinski definition) is 2. The Bertz CT molecular complexity index is 1100. The quantitative estimate of drug-likeness (QED) is 0.200. The van der Waals surface area contributed by atoms with Gasteiger partial charge in [-0.3, -0.25) is 14.5 Å². The lowest BCUT2D eigenvalue weighted by Gasteiger charge is -2.41. The molecule has 14 heteroatoms. The predicted octanol–water partition coefficient (Wildman–Crippen LogP) is 2.73. The van der Waals surface area contributed by atoms with E-state index in [4.69, 9.17) is 44.3 Å². The zero-order chi connectivity index (χ0) is 28.0. The highest BCUT2D eigenvalue weighted by Crippen LogP contribution is 2.46. The zero-order valence-electron chi connectivity index (χ0n) is 20.8. The number of alkyl halides is 3. The Morgan fingerprint density at radius 1 is 1.21 bits per heavy atom. The van der Waals surface area contributed by atoms with Gasteiger partial charge in [0.25, 0.3) is 5.91 Å². The van der Waals surface area contributed by atoms with Gasteiger partial charge < -0.3 is 24.7 Å². The minimum atomic E-state index is -1.86. The molecule has 2 N–H and O–H groups in total. The molecule has 3 amide bonds. The van der Waals surface area contributed by atoms with Crippen LogP contribution in [0.5, 0.6) is 0 Å². The van der Waals surface area contributed by atoms with E-state index in [1.54, 1.807) is 51.1 Å². The van der Waals surface area contributed by atoms with Crippen molar-refractivity contribution in [3.8, 4) is 0 Å². The Labute approximate surface area is 238 Å². The molecule has 1 aromatic carbocycles. The SMILES string of the molecule is CC(OC(=O)NC(C(=O)N[C@@H]1C(=O)N2[C@@H]1[S+]([O-])C(C)(C)[C@@H]2C(=O)OCC(Cl)(Cl)Cl)c1ccccc1)C1CC1. The lowest BCUT2D eigenvalue weighted by atomic mass is 9.95. The lowest BCUT2D eigenvalue weighted by Crippen LogP contribution is -2.72. The first-order chi connectivity index (χ1) is 17.7. The van der Waals surface area contributed by atoms with Crippen molar-refractivity contribution in [1.29, 1.82) is 0 Å². The number of hydrogen-bond acceptors (Lipinski definition) is 7. The first-order valence-corrected chi connectivity index (χ1v) is 14.4. The van der Waals surface area contributed by atoms with Crippen molar-refractivity contribution in [2.45, 2.75) is 71.8 Å². The summed E-state index contributed by atoms with van der Waals surface area (Å²) in [5.41, 5.74) is 0.464. The zero-order valence-corrected chi connectivity index (χ0v) is 23.9. The number of carbonyl (C=O) groups excluding carboxylic acids is 4.